The quantitative estimate of drug-likeness (QED) is 0.566. The molecule has 0 fully saturated rings. The molecule has 2 rings (SSSR count). The first-order valence-electron chi connectivity index (χ1n) is 7.06. The fourth-order valence-electron chi connectivity index (χ4n) is 2.40. The summed E-state index contributed by atoms with van der Waals surface area (Å²) in [7, 11) is 0. The second-order valence-corrected chi connectivity index (χ2v) is 6.45. The van der Waals surface area contributed by atoms with Crippen molar-refractivity contribution >= 4 is 26.7 Å². The fourth-order valence-corrected chi connectivity index (χ4v) is 3.00. The number of halogens is 1. The van der Waals surface area contributed by atoms with E-state index in [1.54, 1.807) is 0 Å². The number of hydrogen-bond donors (Lipinski definition) is 0. The van der Waals surface area contributed by atoms with E-state index in [2.05, 4.69) is 65.5 Å². The SMILES string of the molecule is C=C(C)COC(CC(=C)C)c1c(Br)ccc2ccccc12. The Balaban J connectivity index is 2.49. The zero-order valence-electron chi connectivity index (χ0n) is 12.7. The lowest BCUT2D eigenvalue weighted by atomic mass is 9.96. The van der Waals surface area contributed by atoms with Crippen LogP contribution in [0, 0.1) is 0 Å². The van der Waals surface area contributed by atoms with Crippen molar-refractivity contribution in [1.82, 2.24) is 0 Å². The van der Waals surface area contributed by atoms with Crippen LogP contribution >= 0.6 is 15.9 Å². The lowest BCUT2D eigenvalue weighted by Gasteiger charge is -2.22. The molecule has 0 heterocycles. The molecule has 2 aromatic carbocycles. The largest absolute Gasteiger partial charge is 0.369 e. The minimum absolute atomic E-state index is 0.0142. The van der Waals surface area contributed by atoms with Gasteiger partial charge in [-0.25, -0.2) is 0 Å². The zero-order valence-corrected chi connectivity index (χ0v) is 14.2. The summed E-state index contributed by atoms with van der Waals surface area (Å²) in [6.45, 7) is 12.5. The molecule has 0 spiro atoms. The molecule has 0 saturated carbocycles. The average Bonchev–Trinajstić information content (AvgIpc) is 2.43. The molecule has 1 atom stereocenters. The van der Waals surface area contributed by atoms with Crippen molar-refractivity contribution in [3.63, 3.8) is 0 Å². The molecule has 0 aromatic heterocycles. The summed E-state index contributed by atoms with van der Waals surface area (Å²) < 4.78 is 7.18. The summed E-state index contributed by atoms with van der Waals surface area (Å²) in [6, 6.07) is 12.6. The minimum Gasteiger partial charge on any atom is -0.369 e. The van der Waals surface area contributed by atoms with Crippen LogP contribution in [0.3, 0.4) is 0 Å². The van der Waals surface area contributed by atoms with E-state index in [0.29, 0.717) is 6.61 Å². The molecule has 1 unspecified atom stereocenters. The van der Waals surface area contributed by atoms with Crippen LogP contribution in [-0.4, -0.2) is 6.61 Å². The molecule has 0 bridgehead atoms. The van der Waals surface area contributed by atoms with Gasteiger partial charge >= 0.3 is 0 Å². The highest BCUT2D eigenvalue weighted by atomic mass is 79.9. The predicted molar refractivity (Wildman–Crippen MR) is 94.6 cm³/mol. The van der Waals surface area contributed by atoms with E-state index in [-0.39, 0.29) is 6.10 Å². The number of hydrogen-bond acceptors (Lipinski definition) is 1. The smallest absolute Gasteiger partial charge is 0.0883 e. The molecule has 21 heavy (non-hydrogen) atoms. The van der Waals surface area contributed by atoms with Gasteiger partial charge in [-0.3, -0.25) is 0 Å². The first-order valence-corrected chi connectivity index (χ1v) is 7.86. The van der Waals surface area contributed by atoms with Crippen LogP contribution in [0.5, 0.6) is 0 Å². The zero-order chi connectivity index (χ0) is 15.4. The highest BCUT2D eigenvalue weighted by Crippen LogP contribution is 2.36. The summed E-state index contributed by atoms with van der Waals surface area (Å²) in [4.78, 5) is 0. The van der Waals surface area contributed by atoms with Crippen molar-refractivity contribution in [1.29, 1.82) is 0 Å². The van der Waals surface area contributed by atoms with Crippen molar-refractivity contribution in [3.05, 3.63) is 70.7 Å². The highest BCUT2D eigenvalue weighted by molar-refractivity contribution is 9.10. The van der Waals surface area contributed by atoms with Crippen LogP contribution < -0.4 is 0 Å². The Morgan fingerprint density at radius 2 is 1.81 bits per heavy atom. The lowest BCUT2D eigenvalue weighted by Crippen LogP contribution is -2.08. The summed E-state index contributed by atoms with van der Waals surface area (Å²) in [5.41, 5.74) is 3.33. The first kappa shape index (κ1) is 16.0. The van der Waals surface area contributed by atoms with Crippen molar-refractivity contribution in [2.75, 3.05) is 6.61 Å². The Labute approximate surface area is 135 Å². The van der Waals surface area contributed by atoms with Crippen LogP contribution in [0.15, 0.2) is 65.2 Å². The second kappa shape index (κ2) is 7.06. The molecule has 0 aliphatic rings. The van der Waals surface area contributed by atoms with Gasteiger partial charge in [0, 0.05) is 10.0 Å². The fraction of sp³-hybridized carbons (Fsp3) is 0.263. The van der Waals surface area contributed by atoms with Gasteiger partial charge in [-0.1, -0.05) is 64.0 Å². The van der Waals surface area contributed by atoms with Gasteiger partial charge < -0.3 is 4.74 Å². The Morgan fingerprint density at radius 3 is 2.48 bits per heavy atom. The van der Waals surface area contributed by atoms with E-state index in [1.165, 1.54) is 16.3 Å². The van der Waals surface area contributed by atoms with E-state index in [0.717, 1.165) is 22.0 Å². The summed E-state index contributed by atoms with van der Waals surface area (Å²) in [6.07, 6.45) is 0.791. The Bertz CT molecular complexity index is 672. The molecule has 0 saturated heterocycles. The highest BCUT2D eigenvalue weighted by Gasteiger charge is 2.18. The van der Waals surface area contributed by atoms with Crippen molar-refractivity contribution in [2.45, 2.75) is 26.4 Å². The van der Waals surface area contributed by atoms with Gasteiger partial charge in [0.15, 0.2) is 0 Å². The van der Waals surface area contributed by atoms with Crippen LogP contribution in [-0.2, 0) is 4.74 Å². The maximum absolute atomic E-state index is 6.10. The Kier molecular flexibility index (Phi) is 5.38. The monoisotopic (exact) mass is 344 g/mol. The third-order valence-electron chi connectivity index (χ3n) is 3.30. The van der Waals surface area contributed by atoms with Gasteiger partial charge in [-0.05, 0) is 37.1 Å². The third kappa shape index (κ3) is 4.05. The van der Waals surface area contributed by atoms with Crippen molar-refractivity contribution in [2.24, 2.45) is 0 Å². The van der Waals surface area contributed by atoms with Gasteiger partial charge in [0.05, 0.1) is 12.7 Å². The summed E-state index contributed by atoms with van der Waals surface area (Å²) in [5, 5.41) is 2.45. The average molecular weight is 345 g/mol. The Morgan fingerprint density at radius 1 is 1.10 bits per heavy atom. The third-order valence-corrected chi connectivity index (χ3v) is 4.00. The van der Waals surface area contributed by atoms with E-state index < -0.39 is 0 Å². The van der Waals surface area contributed by atoms with Crippen molar-refractivity contribution in [3.8, 4) is 0 Å². The van der Waals surface area contributed by atoms with Gasteiger partial charge in [-0.2, -0.15) is 0 Å². The maximum Gasteiger partial charge on any atom is 0.0883 e. The molecule has 2 heteroatoms. The normalized spacial score (nSPS) is 12.3. The number of rotatable bonds is 6. The van der Waals surface area contributed by atoms with Gasteiger partial charge in [0.2, 0.25) is 0 Å². The second-order valence-electron chi connectivity index (χ2n) is 5.60. The van der Waals surface area contributed by atoms with Crippen LogP contribution in [0.25, 0.3) is 10.8 Å². The number of ether oxygens (including phenoxy) is 1. The van der Waals surface area contributed by atoms with Gasteiger partial charge in [0.25, 0.3) is 0 Å². The van der Waals surface area contributed by atoms with Crippen LogP contribution in [0.1, 0.15) is 31.9 Å². The molecule has 110 valence electrons. The molecular formula is C19H21BrO. The predicted octanol–water partition coefficient (Wildman–Crippen LogP) is 6.20. The summed E-state index contributed by atoms with van der Waals surface area (Å²) in [5.74, 6) is 0. The summed E-state index contributed by atoms with van der Waals surface area (Å²) >= 11 is 3.68. The topological polar surface area (TPSA) is 9.23 Å². The Hall–Kier alpha value is -1.38. The maximum atomic E-state index is 6.10. The van der Waals surface area contributed by atoms with Crippen LogP contribution in [0.2, 0.25) is 0 Å². The molecule has 0 aliphatic carbocycles. The van der Waals surface area contributed by atoms with E-state index in [9.17, 15) is 0 Å². The van der Waals surface area contributed by atoms with E-state index in [1.807, 2.05) is 13.8 Å². The first-order chi connectivity index (χ1) is 9.99. The van der Waals surface area contributed by atoms with E-state index in [4.69, 9.17) is 4.74 Å². The number of fused-ring (bicyclic) bond motifs is 1. The molecule has 1 nitrogen and oxygen atoms in total. The van der Waals surface area contributed by atoms with Gasteiger partial charge in [-0.15, -0.1) is 6.58 Å². The van der Waals surface area contributed by atoms with E-state index >= 15 is 0 Å². The molecule has 2 aromatic rings. The molecular weight excluding hydrogens is 324 g/mol. The molecule has 0 radical (unpaired) electrons. The molecule has 0 N–H and O–H groups in total. The number of benzene rings is 2. The van der Waals surface area contributed by atoms with Crippen LogP contribution in [0.4, 0.5) is 0 Å². The standard InChI is InChI=1S/C19H21BrO/c1-13(2)11-18(21-12-14(3)4)19-16-8-6-5-7-15(16)9-10-17(19)20/h5-10,18H,1,3,11-12H2,2,4H3. The van der Waals surface area contributed by atoms with Crippen molar-refractivity contribution < 1.29 is 4.74 Å². The molecule has 0 amide bonds. The molecule has 0 aliphatic heterocycles. The van der Waals surface area contributed by atoms with Gasteiger partial charge in [0.1, 0.15) is 0 Å². The minimum atomic E-state index is -0.0142. The lowest BCUT2D eigenvalue weighted by molar-refractivity contribution is 0.0705.